The molecule has 2 amide bonds. The summed E-state index contributed by atoms with van der Waals surface area (Å²) in [5, 5.41) is 0. The zero-order valence-corrected chi connectivity index (χ0v) is 20.2. The first-order chi connectivity index (χ1) is 17.2. The zero-order valence-electron chi connectivity index (χ0n) is 20.2. The SMILES string of the molecule is O=C(c1ccccc1-c1ocnc1C(=O)N1CCC(Cc2ccccc2)CC1)N1CCCCCC1. The fraction of sp³-hybridized carbons (Fsp3) is 0.414. The topological polar surface area (TPSA) is 66.7 Å². The van der Waals surface area contributed by atoms with Gasteiger partial charge in [0.2, 0.25) is 0 Å². The van der Waals surface area contributed by atoms with Crippen LogP contribution in [0.2, 0.25) is 0 Å². The number of carbonyl (C=O) groups is 2. The Hall–Kier alpha value is -3.41. The highest BCUT2D eigenvalue weighted by atomic mass is 16.3. The predicted octanol–water partition coefficient (Wildman–Crippen LogP) is 5.45. The maximum atomic E-state index is 13.5. The van der Waals surface area contributed by atoms with Gasteiger partial charge in [0.25, 0.3) is 11.8 Å². The van der Waals surface area contributed by atoms with E-state index in [2.05, 4.69) is 29.2 Å². The Balaban J connectivity index is 1.30. The molecule has 0 atom stereocenters. The van der Waals surface area contributed by atoms with Gasteiger partial charge in [-0.05, 0) is 49.7 Å². The molecule has 0 spiro atoms. The number of amides is 2. The molecule has 0 bridgehead atoms. The summed E-state index contributed by atoms with van der Waals surface area (Å²) >= 11 is 0. The highest BCUT2D eigenvalue weighted by Gasteiger charge is 2.30. The quantitative estimate of drug-likeness (QED) is 0.496. The molecule has 0 radical (unpaired) electrons. The van der Waals surface area contributed by atoms with E-state index in [-0.39, 0.29) is 11.8 Å². The smallest absolute Gasteiger partial charge is 0.276 e. The van der Waals surface area contributed by atoms with Gasteiger partial charge in [0, 0.05) is 31.7 Å². The molecule has 0 saturated carbocycles. The van der Waals surface area contributed by atoms with Gasteiger partial charge in [0.05, 0.1) is 5.56 Å². The Morgan fingerprint density at radius 1 is 0.800 bits per heavy atom. The molecule has 5 rings (SSSR count). The number of piperidine rings is 1. The lowest BCUT2D eigenvalue weighted by atomic mass is 9.90. The highest BCUT2D eigenvalue weighted by molar-refractivity contribution is 6.04. The number of oxazole rings is 1. The third-order valence-corrected chi connectivity index (χ3v) is 7.33. The second-order valence-corrected chi connectivity index (χ2v) is 9.71. The molecule has 182 valence electrons. The normalized spacial score (nSPS) is 17.3. The molecule has 3 heterocycles. The van der Waals surface area contributed by atoms with Crippen LogP contribution in [0.1, 0.15) is 64.9 Å². The monoisotopic (exact) mass is 471 g/mol. The van der Waals surface area contributed by atoms with Crippen molar-refractivity contribution in [2.24, 2.45) is 5.92 Å². The zero-order chi connectivity index (χ0) is 24.0. The van der Waals surface area contributed by atoms with Crippen LogP contribution in [0.4, 0.5) is 0 Å². The minimum atomic E-state index is -0.121. The van der Waals surface area contributed by atoms with Crippen LogP contribution in [0.5, 0.6) is 0 Å². The molecular formula is C29H33N3O3. The Labute approximate surface area is 206 Å². The van der Waals surface area contributed by atoms with Crippen LogP contribution in [-0.2, 0) is 6.42 Å². The summed E-state index contributed by atoms with van der Waals surface area (Å²) in [5.41, 5.74) is 2.85. The summed E-state index contributed by atoms with van der Waals surface area (Å²) in [6, 6.07) is 18.0. The first kappa shape index (κ1) is 23.3. The van der Waals surface area contributed by atoms with Crippen molar-refractivity contribution in [1.82, 2.24) is 14.8 Å². The minimum Gasteiger partial charge on any atom is -0.443 e. The van der Waals surface area contributed by atoms with E-state index in [1.165, 1.54) is 12.0 Å². The predicted molar refractivity (Wildman–Crippen MR) is 135 cm³/mol. The summed E-state index contributed by atoms with van der Waals surface area (Å²) < 4.78 is 5.74. The largest absolute Gasteiger partial charge is 0.443 e. The summed E-state index contributed by atoms with van der Waals surface area (Å²) in [6.45, 7) is 2.95. The van der Waals surface area contributed by atoms with Crippen molar-refractivity contribution in [2.45, 2.75) is 44.9 Å². The summed E-state index contributed by atoms with van der Waals surface area (Å²) in [5.74, 6) is 0.841. The van der Waals surface area contributed by atoms with E-state index in [9.17, 15) is 9.59 Å². The van der Waals surface area contributed by atoms with E-state index in [1.54, 1.807) is 0 Å². The van der Waals surface area contributed by atoms with Gasteiger partial charge in [-0.1, -0.05) is 61.4 Å². The Kier molecular flexibility index (Phi) is 7.26. The van der Waals surface area contributed by atoms with Crippen molar-refractivity contribution in [3.05, 3.63) is 77.8 Å². The van der Waals surface area contributed by atoms with Crippen molar-refractivity contribution in [3.63, 3.8) is 0 Å². The fourth-order valence-corrected chi connectivity index (χ4v) is 5.34. The molecule has 6 heteroatoms. The van der Waals surface area contributed by atoms with Gasteiger partial charge in [-0.15, -0.1) is 0 Å². The summed E-state index contributed by atoms with van der Waals surface area (Å²) in [4.78, 5) is 35.0. The van der Waals surface area contributed by atoms with Crippen LogP contribution in [0.3, 0.4) is 0 Å². The Morgan fingerprint density at radius 2 is 1.46 bits per heavy atom. The lowest BCUT2D eigenvalue weighted by Crippen LogP contribution is -2.39. The number of rotatable bonds is 5. The van der Waals surface area contributed by atoms with E-state index in [4.69, 9.17) is 4.42 Å². The lowest BCUT2D eigenvalue weighted by molar-refractivity contribution is 0.0684. The second kappa shape index (κ2) is 10.9. The molecule has 0 unspecified atom stereocenters. The number of carbonyl (C=O) groups excluding carboxylic acids is 2. The van der Waals surface area contributed by atoms with Crippen molar-refractivity contribution >= 4 is 11.8 Å². The molecule has 2 fully saturated rings. The first-order valence-electron chi connectivity index (χ1n) is 12.9. The number of nitrogens with zero attached hydrogens (tertiary/aromatic N) is 3. The van der Waals surface area contributed by atoms with Gasteiger partial charge in [0.1, 0.15) is 0 Å². The van der Waals surface area contributed by atoms with E-state index in [0.29, 0.717) is 41.6 Å². The van der Waals surface area contributed by atoms with E-state index < -0.39 is 0 Å². The number of likely N-dealkylation sites (tertiary alicyclic amines) is 2. The second-order valence-electron chi connectivity index (χ2n) is 9.71. The van der Waals surface area contributed by atoms with Crippen LogP contribution in [0.25, 0.3) is 11.3 Å². The van der Waals surface area contributed by atoms with Gasteiger partial charge in [-0.25, -0.2) is 4.98 Å². The van der Waals surface area contributed by atoms with Crippen molar-refractivity contribution in [1.29, 1.82) is 0 Å². The first-order valence-corrected chi connectivity index (χ1v) is 12.9. The molecule has 3 aromatic rings. The van der Waals surface area contributed by atoms with E-state index in [0.717, 1.165) is 58.0 Å². The maximum absolute atomic E-state index is 13.5. The third kappa shape index (κ3) is 5.31. The molecule has 2 aromatic carbocycles. The summed E-state index contributed by atoms with van der Waals surface area (Å²) in [6.07, 6.45) is 8.68. The van der Waals surface area contributed by atoms with Gasteiger partial charge in [-0.2, -0.15) is 0 Å². The molecule has 0 N–H and O–H groups in total. The van der Waals surface area contributed by atoms with E-state index >= 15 is 0 Å². The average Bonchev–Trinajstić information content (AvgIpc) is 3.23. The molecule has 1 aromatic heterocycles. The molecule has 0 aliphatic carbocycles. The van der Waals surface area contributed by atoms with E-state index in [1.807, 2.05) is 40.1 Å². The van der Waals surface area contributed by atoms with Crippen LogP contribution >= 0.6 is 0 Å². The molecule has 2 saturated heterocycles. The average molecular weight is 472 g/mol. The molecule has 2 aliphatic rings. The van der Waals surface area contributed by atoms with Crippen molar-refractivity contribution in [2.75, 3.05) is 26.2 Å². The molecule has 35 heavy (non-hydrogen) atoms. The Bertz CT molecular complexity index is 1140. The Morgan fingerprint density at radius 3 is 2.20 bits per heavy atom. The van der Waals surface area contributed by atoms with Crippen molar-refractivity contribution in [3.8, 4) is 11.3 Å². The number of aromatic nitrogens is 1. The van der Waals surface area contributed by atoms with Gasteiger partial charge in [0.15, 0.2) is 17.8 Å². The standard InChI is InChI=1S/C29H33N3O3/c33-28(31-16-8-1-2-9-17-31)25-13-7-6-12-24(25)27-26(30-21-35-27)29(34)32-18-14-23(15-19-32)20-22-10-4-3-5-11-22/h3-7,10-13,21,23H,1-2,8-9,14-20H2. The van der Waals surface area contributed by atoms with Crippen LogP contribution in [0, 0.1) is 5.92 Å². The minimum absolute atomic E-state index is 0.000903. The molecule has 6 nitrogen and oxygen atoms in total. The summed E-state index contributed by atoms with van der Waals surface area (Å²) in [7, 11) is 0. The number of benzene rings is 2. The molecule has 2 aliphatic heterocycles. The highest BCUT2D eigenvalue weighted by Crippen LogP contribution is 2.30. The van der Waals surface area contributed by atoms with Crippen LogP contribution in [-0.4, -0.2) is 52.8 Å². The van der Waals surface area contributed by atoms with Crippen molar-refractivity contribution < 1.29 is 14.0 Å². The maximum Gasteiger partial charge on any atom is 0.276 e. The van der Waals surface area contributed by atoms with Gasteiger partial charge < -0.3 is 14.2 Å². The van der Waals surface area contributed by atoms with Gasteiger partial charge >= 0.3 is 0 Å². The molecular weight excluding hydrogens is 438 g/mol. The lowest BCUT2D eigenvalue weighted by Gasteiger charge is -2.31. The van der Waals surface area contributed by atoms with Crippen LogP contribution in [0.15, 0.2) is 65.4 Å². The number of hydrogen-bond acceptors (Lipinski definition) is 4. The van der Waals surface area contributed by atoms with Crippen LogP contribution < -0.4 is 0 Å². The van der Waals surface area contributed by atoms with Gasteiger partial charge in [-0.3, -0.25) is 9.59 Å². The third-order valence-electron chi connectivity index (χ3n) is 7.33. The number of hydrogen-bond donors (Lipinski definition) is 0. The fourth-order valence-electron chi connectivity index (χ4n) is 5.34.